The Morgan fingerprint density at radius 1 is 1.15 bits per heavy atom. The van der Waals surface area contributed by atoms with Gasteiger partial charge in [-0.15, -0.1) is 0 Å². The highest BCUT2D eigenvalue weighted by Crippen LogP contribution is 2.38. The number of likely N-dealkylation sites (N-methyl/N-ethyl adjacent to an activating group) is 1. The molecule has 3 aromatic carbocycles. The quantitative estimate of drug-likeness (QED) is 0.208. The first-order valence-corrected chi connectivity index (χ1v) is 13.9. The lowest BCUT2D eigenvalue weighted by molar-refractivity contribution is -0.122. The van der Waals surface area contributed by atoms with E-state index in [0.717, 1.165) is 14.7 Å². The number of nitrogens with zero attached hydrogens (tertiary/aromatic N) is 3. The Hall–Kier alpha value is -3.82. The first kappa shape index (κ1) is 28.2. The zero-order chi connectivity index (χ0) is 27.9. The van der Waals surface area contributed by atoms with Gasteiger partial charge < -0.3 is 14.6 Å². The summed E-state index contributed by atoms with van der Waals surface area (Å²) in [4.78, 5) is 31.0. The zero-order valence-electron chi connectivity index (χ0n) is 21.2. The number of benzene rings is 3. The molecule has 1 aliphatic heterocycles. The fourth-order valence-electron chi connectivity index (χ4n) is 3.79. The van der Waals surface area contributed by atoms with Gasteiger partial charge in [-0.3, -0.25) is 9.69 Å². The largest absolute Gasteiger partial charge is 0.490 e. The molecule has 1 fully saturated rings. The number of ether oxygens (including phenoxy) is 2. The van der Waals surface area contributed by atoms with Crippen molar-refractivity contribution in [3.63, 3.8) is 0 Å². The van der Waals surface area contributed by atoms with Gasteiger partial charge in [-0.05, 0) is 102 Å². The number of halogens is 1. The fraction of sp³-hybridized carbons (Fsp3) is 0.172. The van der Waals surface area contributed by atoms with Crippen LogP contribution < -0.4 is 9.47 Å². The molecule has 0 aliphatic carbocycles. The van der Waals surface area contributed by atoms with E-state index in [2.05, 4.69) is 33.7 Å². The van der Waals surface area contributed by atoms with Crippen LogP contribution >= 0.6 is 34.4 Å². The van der Waals surface area contributed by atoms with Crippen LogP contribution in [0.25, 0.3) is 6.08 Å². The molecule has 1 aliphatic rings. The molecule has 3 aromatic rings. The van der Waals surface area contributed by atoms with Crippen molar-refractivity contribution in [3.8, 4) is 17.6 Å². The van der Waals surface area contributed by atoms with Crippen molar-refractivity contribution in [1.82, 2.24) is 4.90 Å². The Morgan fingerprint density at radius 2 is 1.90 bits per heavy atom. The fourth-order valence-corrected chi connectivity index (χ4v) is 5.63. The van der Waals surface area contributed by atoms with Crippen LogP contribution in [0, 0.1) is 14.9 Å². The summed E-state index contributed by atoms with van der Waals surface area (Å²) in [6, 6.07) is 19.4. The van der Waals surface area contributed by atoms with E-state index in [4.69, 9.17) is 14.6 Å². The van der Waals surface area contributed by atoms with E-state index in [-0.39, 0.29) is 18.1 Å². The molecule has 0 spiro atoms. The Morgan fingerprint density at radius 3 is 2.56 bits per heavy atom. The molecule has 198 valence electrons. The van der Waals surface area contributed by atoms with E-state index in [0.29, 0.717) is 46.0 Å². The molecular weight excluding hydrogens is 629 g/mol. The second kappa shape index (κ2) is 12.8. The van der Waals surface area contributed by atoms with E-state index in [1.54, 1.807) is 29.2 Å². The number of hydrogen-bond donors (Lipinski definition) is 1. The van der Waals surface area contributed by atoms with Gasteiger partial charge in [0.2, 0.25) is 0 Å². The summed E-state index contributed by atoms with van der Waals surface area (Å²) in [5.41, 5.74) is 2.83. The van der Waals surface area contributed by atoms with Gasteiger partial charge in [0.15, 0.2) is 16.7 Å². The number of hydrogen-bond acceptors (Lipinski definition) is 7. The standard InChI is InChI=1S/C29H24IN3O5S/c1-3-33-27(34)25(39-29(33)32-22-11-9-19(10-12-22)28(35)36)15-18-13-23(30)26(24(14-18)37-4-2)38-17-21-8-6-5-7-20(21)16-31/h5-15H,3-4,17H2,1-2H3,(H,35,36). The van der Waals surface area contributed by atoms with Crippen LogP contribution in [0.3, 0.4) is 0 Å². The minimum absolute atomic E-state index is 0.162. The highest BCUT2D eigenvalue weighted by molar-refractivity contribution is 14.1. The Labute approximate surface area is 244 Å². The Bertz CT molecular complexity index is 1510. The van der Waals surface area contributed by atoms with Crippen LogP contribution in [0.1, 0.15) is 40.9 Å². The van der Waals surface area contributed by atoms with Gasteiger partial charge in [0.25, 0.3) is 5.91 Å². The molecule has 0 radical (unpaired) electrons. The van der Waals surface area contributed by atoms with Gasteiger partial charge in [0.05, 0.1) is 38.0 Å². The lowest BCUT2D eigenvalue weighted by atomic mass is 10.1. The highest BCUT2D eigenvalue weighted by Gasteiger charge is 2.32. The number of carbonyl (C=O) groups is 2. The van der Waals surface area contributed by atoms with E-state index in [1.807, 2.05) is 44.2 Å². The average Bonchev–Trinajstić information content (AvgIpc) is 3.21. The lowest BCUT2D eigenvalue weighted by Crippen LogP contribution is -2.28. The van der Waals surface area contributed by atoms with Gasteiger partial charge >= 0.3 is 5.97 Å². The van der Waals surface area contributed by atoms with Crippen LogP contribution in [-0.4, -0.2) is 40.2 Å². The number of aliphatic imine (C=N–C) groups is 1. The number of carboxylic acids is 1. The van der Waals surface area contributed by atoms with Crippen LogP contribution in [0.4, 0.5) is 5.69 Å². The van der Waals surface area contributed by atoms with E-state index >= 15 is 0 Å². The van der Waals surface area contributed by atoms with Crippen molar-refractivity contribution in [2.45, 2.75) is 20.5 Å². The minimum Gasteiger partial charge on any atom is -0.490 e. The minimum atomic E-state index is -1.01. The van der Waals surface area contributed by atoms with Crippen molar-refractivity contribution in [3.05, 3.63) is 91.4 Å². The molecule has 0 saturated carbocycles. The molecule has 4 rings (SSSR count). The van der Waals surface area contributed by atoms with E-state index in [1.165, 1.54) is 23.9 Å². The van der Waals surface area contributed by atoms with Crippen molar-refractivity contribution >= 4 is 63.2 Å². The Kier molecular flexibility index (Phi) is 9.27. The van der Waals surface area contributed by atoms with Crippen LogP contribution in [0.5, 0.6) is 11.5 Å². The smallest absolute Gasteiger partial charge is 0.335 e. The molecule has 0 aromatic heterocycles. The molecular formula is C29H24IN3O5S. The molecule has 1 amide bonds. The predicted molar refractivity (Wildman–Crippen MR) is 159 cm³/mol. The van der Waals surface area contributed by atoms with Crippen LogP contribution in [0.15, 0.2) is 70.6 Å². The number of aromatic carboxylic acids is 1. The lowest BCUT2D eigenvalue weighted by Gasteiger charge is -2.15. The number of carboxylic acid groups (broad SMARTS) is 1. The molecule has 10 heteroatoms. The molecule has 1 saturated heterocycles. The number of nitriles is 1. The molecule has 8 nitrogen and oxygen atoms in total. The summed E-state index contributed by atoms with van der Waals surface area (Å²) in [6.07, 6.45) is 1.80. The van der Waals surface area contributed by atoms with Crippen molar-refractivity contribution in [2.75, 3.05) is 13.2 Å². The summed E-state index contributed by atoms with van der Waals surface area (Å²) >= 11 is 3.43. The summed E-state index contributed by atoms with van der Waals surface area (Å²) in [7, 11) is 0. The molecule has 1 N–H and O–H groups in total. The number of carbonyl (C=O) groups excluding carboxylic acids is 1. The molecule has 1 heterocycles. The third-order valence-corrected chi connectivity index (χ3v) is 7.49. The van der Waals surface area contributed by atoms with Crippen molar-refractivity contribution in [1.29, 1.82) is 5.26 Å². The highest BCUT2D eigenvalue weighted by atomic mass is 127. The van der Waals surface area contributed by atoms with E-state index in [9.17, 15) is 14.9 Å². The summed E-state index contributed by atoms with van der Waals surface area (Å²) in [6.45, 7) is 4.84. The maximum atomic E-state index is 13.2. The topological polar surface area (TPSA) is 112 Å². The molecule has 0 unspecified atom stereocenters. The summed E-state index contributed by atoms with van der Waals surface area (Å²) in [5.74, 6) is -0.0600. The predicted octanol–water partition coefficient (Wildman–Crippen LogP) is 6.46. The number of amidine groups is 1. The maximum absolute atomic E-state index is 13.2. The second-order valence-electron chi connectivity index (χ2n) is 8.23. The molecule has 0 atom stereocenters. The van der Waals surface area contributed by atoms with Crippen LogP contribution in [0.2, 0.25) is 0 Å². The number of rotatable bonds is 9. The van der Waals surface area contributed by atoms with Gasteiger partial charge in [0.1, 0.15) is 6.61 Å². The molecule has 0 bridgehead atoms. The zero-order valence-corrected chi connectivity index (χ0v) is 24.2. The Balaban J connectivity index is 1.61. The van der Waals surface area contributed by atoms with Crippen molar-refractivity contribution < 1.29 is 24.2 Å². The third kappa shape index (κ3) is 6.61. The maximum Gasteiger partial charge on any atom is 0.335 e. The van der Waals surface area contributed by atoms with Gasteiger partial charge in [0, 0.05) is 12.1 Å². The average molecular weight is 653 g/mol. The van der Waals surface area contributed by atoms with Crippen LogP contribution in [-0.2, 0) is 11.4 Å². The van der Waals surface area contributed by atoms with Gasteiger partial charge in [-0.1, -0.05) is 18.2 Å². The third-order valence-electron chi connectivity index (χ3n) is 5.68. The monoisotopic (exact) mass is 653 g/mol. The normalized spacial score (nSPS) is 15.0. The summed E-state index contributed by atoms with van der Waals surface area (Å²) < 4.78 is 12.8. The number of amides is 1. The number of thioether (sulfide) groups is 1. The first-order valence-electron chi connectivity index (χ1n) is 12.0. The van der Waals surface area contributed by atoms with Crippen molar-refractivity contribution in [2.24, 2.45) is 4.99 Å². The van der Waals surface area contributed by atoms with Gasteiger partial charge in [-0.2, -0.15) is 5.26 Å². The molecule has 39 heavy (non-hydrogen) atoms. The summed E-state index contributed by atoms with van der Waals surface area (Å²) in [5, 5.41) is 19.0. The second-order valence-corrected chi connectivity index (χ2v) is 10.4. The SMILES string of the molecule is CCOc1cc(C=C2SC(=Nc3ccc(C(=O)O)cc3)N(CC)C2=O)cc(I)c1OCc1ccccc1C#N. The van der Waals surface area contributed by atoms with Gasteiger partial charge in [-0.25, -0.2) is 9.79 Å². The van der Waals surface area contributed by atoms with E-state index < -0.39 is 5.97 Å². The first-order chi connectivity index (χ1) is 18.8.